The number of halogens is 1. The first-order valence-electron chi connectivity index (χ1n) is 9.83. The van der Waals surface area contributed by atoms with Gasteiger partial charge in [-0.3, -0.25) is 9.59 Å². The zero-order valence-corrected chi connectivity index (χ0v) is 17.9. The monoisotopic (exact) mass is 443 g/mol. The molecule has 2 aromatic carbocycles. The van der Waals surface area contributed by atoms with E-state index in [1.165, 1.54) is 0 Å². The third-order valence-electron chi connectivity index (χ3n) is 5.23. The second-order valence-electron chi connectivity index (χ2n) is 7.26. The molecule has 2 aliphatic rings. The van der Waals surface area contributed by atoms with E-state index in [1.807, 2.05) is 30.3 Å². The molecule has 0 saturated carbocycles. The minimum absolute atomic E-state index is 0.191. The summed E-state index contributed by atoms with van der Waals surface area (Å²) in [7, 11) is 3.23. The molecule has 4 rings (SSSR count). The fourth-order valence-corrected chi connectivity index (χ4v) is 3.93. The molecule has 1 unspecified atom stereocenters. The van der Waals surface area contributed by atoms with Gasteiger partial charge in [-0.25, -0.2) is 5.43 Å². The molecule has 2 amide bonds. The number of nitrogens with zero attached hydrogens (tertiary/aromatic N) is 1. The third-order valence-corrected chi connectivity index (χ3v) is 5.51. The normalized spacial score (nSPS) is 17.2. The molecule has 0 spiro atoms. The van der Waals surface area contributed by atoms with Crippen molar-refractivity contribution in [2.45, 2.75) is 25.4 Å². The number of rotatable bonds is 6. The van der Waals surface area contributed by atoms with E-state index in [9.17, 15) is 9.59 Å². The fourth-order valence-electron chi connectivity index (χ4n) is 3.64. The fraction of sp³-hybridized carbons (Fsp3) is 0.318. The molecule has 0 aliphatic carbocycles. The molecular weight excluding hydrogens is 422 g/mol. The highest BCUT2D eigenvalue weighted by Gasteiger charge is 2.28. The predicted molar refractivity (Wildman–Crippen MR) is 116 cm³/mol. The van der Waals surface area contributed by atoms with Gasteiger partial charge < -0.3 is 19.5 Å². The number of hydrazone groups is 1. The number of hydrogen-bond acceptors (Lipinski definition) is 6. The summed E-state index contributed by atoms with van der Waals surface area (Å²) in [6, 6.07) is 9.43. The summed E-state index contributed by atoms with van der Waals surface area (Å²) < 4.78 is 16.8. The van der Waals surface area contributed by atoms with Crippen molar-refractivity contribution < 1.29 is 23.8 Å². The van der Waals surface area contributed by atoms with Crippen LogP contribution in [0.15, 0.2) is 35.4 Å². The third kappa shape index (κ3) is 4.44. The van der Waals surface area contributed by atoms with Crippen LogP contribution in [0.2, 0.25) is 5.02 Å². The van der Waals surface area contributed by atoms with Gasteiger partial charge >= 0.3 is 0 Å². The minimum Gasteiger partial charge on any atom is -0.497 e. The van der Waals surface area contributed by atoms with E-state index >= 15 is 0 Å². The number of carbonyl (C=O) groups is 2. The van der Waals surface area contributed by atoms with Crippen molar-refractivity contribution in [1.82, 2.24) is 10.7 Å². The Balaban J connectivity index is 1.48. The van der Waals surface area contributed by atoms with Gasteiger partial charge in [0.25, 0.3) is 5.91 Å². The SMILES string of the molecule is COc1ccc(OC)c(-c2cc(Cl)c3c(c2)CC(CNC(=O)C2=NNC(=O)CC2)O3)c1. The number of ether oxygens (including phenoxy) is 3. The predicted octanol–water partition coefficient (Wildman–Crippen LogP) is 2.71. The molecule has 0 saturated heterocycles. The van der Waals surface area contributed by atoms with Crippen LogP contribution in [0.4, 0.5) is 0 Å². The van der Waals surface area contributed by atoms with Crippen molar-refractivity contribution in [2.75, 3.05) is 20.8 Å². The van der Waals surface area contributed by atoms with Crippen molar-refractivity contribution in [3.63, 3.8) is 0 Å². The van der Waals surface area contributed by atoms with Crippen molar-refractivity contribution in [3.05, 3.63) is 40.9 Å². The number of hydrogen-bond donors (Lipinski definition) is 2. The first kappa shape index (κ1) is 21.0. The number of fused-ring (bicyclic) bond motifs is 1. The molecule has 8 nitrogen and oxygen atoms in total. The number of benzene rings is 2. The summed E-state index contributed by atoms with van der Waals surface area (Å²) in [5, 5.41) is 7.11. The zero-order chi connectivity index (χ0) is 22.0. The van der Waals surface area contributed by atoms with Crippen molar-refractivity contribution in [3.8, 4) is 28.4 Å². The Kier molecular flexibility index (Phi) is 5.99. The van der Waals surface area contributed by atoms with Gasteiger partial charge in [0.15, 0.2) is 0 Å². The van der Waals surface area contributed by atoms with Crippen LogP contribution in [0.5, 0.6) is 17.2 Å². The summed E-state index contributed by atoms with van der Waals surface area (Å²) in [6.07, 6.45) is 0.918. The van der Waals surface area contributed by atoms with Gasteiger partial charge in [-0.1, -0.05) is 11.6 Å². The van der Waals surface area contributed by atoms with Gasteiger partial charge in [-0.15, -0.1) is 0 Å². The number of methoxy groups -OCH3 is 2. The summed E-state index contributed by atoms with van der Waals surface area (Å²) in [5.41, 5.74) is 5.33. The van der Waals surface area contributed by atoms with E-state index in [2.05, 4.69) is 15.8 Å². The standard InChI is InChI=1S/C22H22ClN3O5/c1-29-14-3-5-19(30-2)16(10-14)12-7-13-8-15(31-21(13)17(23)9-12)11-24-22(28)18-4-6-20(27)26-25-18/h3,5,7,9-10,15H,4,6,8,11H2,1-2H3,(H,24,28)(H,26,27). The molecule has 2 heterocycles. The molecule has 0 aromatic heterocycles. The average Bonchev–Trinajstić information content (AvgIpc) is 3.21. The first-order chi connectivity index (χ1) is 15.0. The van der Waals surface area contributed by atoms with Crippen LogP contribution in [0, 0.1) is 0 Å². The van der Waals surface area contributed by atoms with Crippen LogP contribution < -0.4 is 25.0 Å². The highest BCUT2D eigenvalue weighted by atomic mass is 35.5. The zero-order valence-electron chi connectivity index (χ0n) is 17.2. The number of amides is 2. The number of carbonyl (C=O) groups excluding carboxylic acids is 2. The second-order valence-corrected chi connectivity index (χ2v) is 7.67. The van der Waals surface area contributed by atoms with Gasteiger partial charge in [0.2, 0.25) is 5.91 Å². The maximum absolute atomic E-state index is 12.3. The summed E-state index contributed by atoms with van der Waals surface area (Å²) in [6.45, 7) is 0.300. The minimum atomic E-state index is -0.313. The first-order valence-corrected chi connectivity index (χ1v) is 10.2. The quantitative estimate of drug-likeness (QED) is 0.715. The Hall–Kier alpha value is -3.26. The van der Waals surface area contributed by atoms with Crippen molar-refractivity contribution in [2.24, 2.45) is 5.10 Å². The number of nitrogens with one attached hydrogen (secondary N) is 2. The second kappa shape index (κ2) is 8.85. The maximum atomic E-state index is 12.3. The van der Waals surface area contributed by atoms with E-state index in [0.717, 1.165) is 16.7 Å². The van der Waals surface area contributed by atoms with Gasteiger partial charge in [0, 0.05) is 30.4 Å². The molecule has 0 fully saturated rings. The lowest BCUT2D eigenvalue weighted by molar-refractivity contribution is -0.121. The van der Waals surface area contributed by atoms with Crippen LogP contribution >= 0.6 is 11.6 Å². The summed E-state index contributed by atoms with van der Waals surface area (Å²) in [4.78, 5) is 23.4. The molecule has 1 atom stereocenters. The molecule has 0 bridgehead atoms. The van der Waals surface area contributed by atoms with Crippen LogP contribution in [0.3, 0.4) is 0 Å². The maximum Gasteiger partial charge on any atom is 0.267 e. The molecule has 9 heteroatoms. The van der Waals surface area contributed by atoms with Crippen LogP contribution in [-0.2, 0) is 16.0 Å². The molecule has 162 valence electrons. The molecule has 2 N–H and O–H groups in total. The Morgan fingerprint density at radius 3 is 2.81 bits per heavy atom. The van der Waals surface area contributed by atoms with Crippen LogP contribution in [0.25, 0.3) is 11.1 Å². The van der Waals surface area contributed by atoms with Gasteiger partial charge in [-0.2, -0.15) is 5.10 Å². The van der Waals surface area contributed by atoms with E-state index < -0.39 is 0 Å². The van der Waals surface area contributed by atoms with Gasteiger partial charge in [0.05, 0.1) is 25.8 Å². The smallest absolute Gasteiger partial charge is 0.267 e. The lowest BCUT2D eigenvalue weighted by atomic mass is 9.99. The Morgan fingerprint density at radius 1 is 1.26 bits per heavy atom. The Morgan fingerprint density at radius 2 is 2.10 bits per heavy atom. The summed E-state index contributed by atoms with van der Waals surface area (Å²) >= 11 is 6.51. The van der Waals surface area contributed by atoms with E-state index in [1.54, 1.807) is 14.2 Å². The molecule has 31 heavy (non-hydrogen) atoms. The Bertz CT molecular complexity index is 1070. The van der Waals surface area contributed by atoms with E-state index in [0.29, 0.717) is 47.4 Å². The highest BCUT2D eigenvalue weighted by molar-refractivity contribution is 6.39. The molecule has 0 radical (unpaired) electrons. The Labute approximate surface area is 184 Å². The summed E-state index contributed by atoms with van der Waals surface area (Å²) in [5.74, 6) is 1.54. The van der Waals surface area contributed by atoms with Crippen LogP contribution in [0.1, 0.15) is 18.4 Å². The van der Waals surface area contributed by atoms with Crippen molar-refractivity contribution in [1.29, 1.82) is 0 Å². The van der Waals surface area contributed by atoms with Crippen LogP contribution in [-0.4, -0.2) is 44.4 Å². The topological polar surface area (TPSA) is 98.3 Å². The van der Waals surface area contributed by atoms with E-state index in [-0.39, 0.29) is 24.3 Å². The molecule has 2 aliphatic heterocycles. The lowest BCUT2D eigenvalue weighted by Crippen LogP contribution is -2.41. The van der Waals surface area contributed by atoms with Crippen molar-refractivity contribution >= 4 is 29.1 Å². The van der Waals surface area contributed by atoms with Gasteiger partial charge in [-0.05, 0) is 35.9 Å². The molecule has 2 aromatic rings. The molecular formula is C22H22ClN3O5. The highest BCUT2D eigenvalue weighted by Crippen LogP contribution is 2.42. The average molecular weight is 444 g/mol. The van der Waals surface area contributed by atoms with Gasteiger partial charge in [0.1, 0.15) is 29.1 Å². The largest absolute Gasteiger partial charge is 0.497 e. The van der Waals surface area contributed by atoms with E-state index in [4.69, 9.17) is 25.8 Å². The lowest BCUT2D eigenvalue weighted by Gasteiger charge is -2.15.